The molecule has 0 amide bonds. The second kappa shape index (κ2) is 10.8. The third-order valence-electron chi connectivity index (χ3n) is 2.78. The number of terminal acetylenes is 1. The summed E-state index contributed by atoms with van der Waals surface area (Å²) in [5.74, 6) is 1.33. The zero-order valence-corrected chi connectivity index (χ0v) is 11.6. The fourth-order valence-corrected chi connectivity index (χ4v) is 1.68. The van der Waals surface area contributed by atoms with Crippen molar-refractivity contribution in [2.45, 2.75) is 51.5 Å². The molecule has 0 aliphatic heterocycles. The lowest BCUT2D eigenvalue weighted by Gasteiger charge is -2.09. The van der Waals surface area contributed by atoms with Gasteiger partial charge in [-0.2, -0.15) is 0 Å². The summed E-state index contributed by atoms with van der Waals surface area (Å²) < 4.78 is 4.61. The number of carbonyl (C=O) groups excluding carboxylic acids is 1. The first kappa shape index (κ1) is 17.9. The van der Waals surface area contributed by atoms with Gasteiger partial charge in [0.05, 0.1) is 0 Å². The smallest absolute Gasteiger partial charge is 0.357 e. The molecule has 0 heterocycles. The topological polar surface area (TPSA) is 102 Å². The summed E-state index contributed by atoms with van der Waals surface area (Å²) in [5, 5.41) is 22.4. The first-order valence-electron chi connectivity index (χ1n) is 6.51. The predicted octanol–water partition coefficient (Wildman–Crippen LogP) is 2.00. The van der Waals surface area contributed by atoms with Crippen molar-refractivity contribution < 1.29 is 19.7 Å². The van der Waals surface area contributed by atoms with E-state index < -0.39 is 12.0 Å². The molecule has 1 unspecified atom stereocenters. The zero-order valence-electron chi connectivity index (χ0n) is 11.6. The minimum Gasteiger partial charge on any atom is -0.448 e. The number of unbranched alkanes of at least 4 members (excludes halogenated alkanes) is 1. The summed E-state index contributed by atoms with van der Waals surface area (Å²) in [5.41, 5.74) is -0.169. The molecule has 0 saturated heterocycles. The van der Waals surface area contributed by atoms with E-state index in [2.05, 4.69) is 15.8 Å². The monoisotopic (exact) mass is 284 g/mol. The molecule has 0 spiro atoms. The van der Waals surface area contributed by atoms with Gasteiger partial charge in [-0.3, -0.25) is 10.1 Å². The highest BCUT2D eigenvalue weighted by atomic mass is 16.6. The molecule has 7 heteroatoms. The molecule has 0 aliphatic carbocycles. The van der Waals surface area contributed by atoms with Crippen molar-refractivity contribution in [1.29, 1.82) is 0 Å². The summed E-state index contributed by atoms with van der Waals surface area (Å²) >= 11 is 0. The van der Waals surface area contributed by atoms with Gasteiger partial charge in [0, 0.05) is 24.2 Å². The molecule has 0 saturated carbocycles. The van der Waals surface area contributed by atoms with Gasteiger partial charge in [-0.15, -0.1) is 6.42 Å². The number of hydrogen-bond acceptors (Lipinski definition) is 6. The van der Waals surface area contributed by atoms with Gasteiger partial charge in [0.25, 0.3) is 0 Å². The summed E-state index contributed by atoms with van der Waals surface area (Å²) in [6, 6.07) is -0.628. The highest BCUT2D eigenvalue weighted by molar-refractivity contribution is 6.36. The van der Waals surface area contributed by atoms with Crippen LogP contribution in [0.2, 0.25) is 0 Å². The van der Waals surface area contributed by atoms with Crippen molar-refractivity contribution in [3.63, 3.8) is 0 Å². The van der Waals surface area contributed by atoms with Crippen LogP contribution in [-0.2, 0) is 9.53 Å². The summed E-state index contributed by atoms with van der Waals surface area (Å²) in [4.78, 5) is 21.9. The maximum Gasteiger partial charge on any atom is 0.357 e. The fraction of sp³-hybridized carbons (Fsp3) is 0.692. The Morgan fingerprint density at radius 2 is 2.15 bits per heavy atom. The Hall–Kier alpha value is -2.10. The van der Waals surface area contributed by atoms with Gasteiger partial charge in [-0.1, -0.05) is 24.4 Å². The van der Waals surface area contributed by atoms with Crippen molar-refractivity contribution in [2.75, 3.05) is 6.61 Å². The normalized spacial score (nSPS) is 12.5. The van der Waals surface area contributed by atoms with E-state index in [9.17, 15) is 14.9 Å². The Morgan fingerprint density at radius 3 is 2.65 bits per heavy atom. The average molecular weight is 284 g/mol. The van der Waals surface area contributed by atoms with E-state index >= 15 is 0 Å². The summed E-state index contributed by atoms with van der Waals surface area (Å²) in [6.45, 7) is 1.76. The van der Waals surface area contributed by atoms with Gasteiger partial charge in [0.1, 0.15) is 0 Å². The van der Waals surface area contributed by atoms with Crippen LogP contribution in [0.3, 0.4) is 0 Å². The highest BCUT2D eigenvalue weighted by Gasteiger charge is 2.20. The lowest BCUT2D eigenvalue weighted by molar-refractivity contribution is -0.524. The van der Waals surface area contributed by atoms with Crippen molar-refractivity contribution in [3.8, 4) is 12.3 Å². The summed E-state index contributed by atoms with van der Waals surface area (Å²) in [7, 11) is 0. The van der Waals surface area contributed by atoms with Gasteiger partial charge >= 0.3 is 5.97 Å². The number of esters is 1. The van der Waals surface area contributed by atoms with Crippen molar-refractivity contribution >= 4 is 11.7 Å². The molecular formula is C13H20N2O5. The molecule has 1 N–H and O–H groups in total. The van der Waals surface area contributed by atoms with Crippen molar-refractivity contribution in [3.05, 3.63) is 10.1 Å². The van der Waals surface area contributed by atoms with Crippen LogP contribution in [0.5, 0.6) is 0 Å². The first-order chi connectivity index (χ1) is 9.56. The standard InChI is InChI=1S/C13H20N2O5/c1-3-5-7-11(15(18)19)8-6-9-12(14-17)13(16)20-10-4-2/h2,11,17H,3,5-10H2,1H3. The quantitative estimate of drug-likeness (QED) is 0.165. The van der Waals surface area contributed by atoms with Crippen LogP contribution in [0.25, 0.3) is 0 Å². The van der Waals surface area contributed by atoms with Gasteiger partial charge in [0.15, 0.2) is 12.3 Å². The van der Waals surface area contributed by atoms with E-state index in [1.54, 1.807) is 0 Å². The van der Waals surface area contributed by atoms with E-state index in [0.29, 0.717) is 19.3 Å². The second-order valence-electron chi connectivity index (χ2n) is 4.30. The number of rotatable bonds is 10. The number of oxime groups is 1. The second-order valence-corrected chi connectivity index (χ2v) is 4.30. The van der Waals surface area contributed by atoms with E-state index in [-0.39, 0.29) is 23.7 Å². The Kier molecular flexibility index (Phi) is 9.66. The largest absolute Gasteiger partial charge is 0.448 e. The number of nitrogens with zero attached hydrogens (tertiary/aromatic N) is 2. The van der Waals surface area contributed by atoms with Gasteiger partial charge in [-0.05, 0) is 12.8 Å². The molecule has 0 aromatic rings. The molecule has 1 atom stereocenters. The fourth-order valence-electron chi connectivity index (χ4n) is 1.68. The molecule has 0 bridgehead atoms. The Bertz CT molecular complexity index is 387. The molecule has 112 valence electrons. The van der Waals surface area contributed by atoms with E-state index in [1.165, 1.54) is 0 Å². The number of carbonyl (C=O) groups is 1. The molecule has 0 rings (SSSR count). The molecule has 0 aromatic carbocycles. The minimum atomic E-state index is -0.795. The van der Waals surface area contributed by atoms with Gasteiger partial charge in [0.2, 0.25) is 6.04 Å². The maximum atomic E-state index is 11.4. The van der Waals surface area contributed by atoms with Crippen LogP contribution in [0, 0.1) is 22.5 Å². The number of ether oxygens (including phenoxy) is 1. The minimum absolute atomic E-state index is 0.121. The van der Waals surface area contributed by atoms with Crippen LogP contribution >= 0.6 is 0 Å². The molecule has 0 aliphatic rings. The maximum absolute atomic E-state index is 11.4. The van der Waals surface area contributed by atoms with Crippen LogP contribution in [0.15, 0.2) is 5.16 Å². The van der Waals surface area contributed by atoms with Gasteiger partial charge < -0.3 is 9.94 Å². The number of hydrogen-bond donors (Lipinski definition) is 1. The third kappa shape index (κ3) is 7.36. The first-order valence-corrected chi connectivity index (χ1v) is 6.51. The Morgan fingerprint density at radius 1 is 1.50 bits per heavy atom. The molecule has 0 radical (unpaired) electrons. The Labute approximate surface area is 118 Å². The van der Waals surface area contributed by atoms with Crippen molar-refractivity contribution in [2.24, 2.45) is 5.16 Å². The van der Waals surface area contributed by atoms with E-state index in [0.717, 1.165) is 12.8 Å². The van der Waals surface area contributed by atoms with Crippen molar-refractivity contribution in [1.82, 2.24) is 0 Å². The van der Waals surface area contributed by atoms with E-state index in [1.807, 2.05) is 6.92 Å². The molecule has 0 aromatic heterocycles. The number of nitro groups is 1. The van der Waals surface area contributed by atoms with E-state index in [4.69, 9.17) is 11.6 Å². The SMILES string of the molecule is C#CCOC(=O)C(CCCC(CCCC)[N+](=O)[O-])=NO. The van der Waals surface area contributed by atoms with Crippen LogP contribution in [0.4, 0.5) is 0 Å². The summed E-state index contributed by atoms with van der Waals surface area (Å²) in [6.07, 6.45) is 7.95. The van der Waals surface area contributed by atoms with Crippen LogP contribution < -0.4 is 0 Å². The Balaban J connectivity index is 4.20. The molecule has 0 fully saturated rings. The molecule has 20 heavy (non-hydrogen) atoms. The van der Waals surface area contributed by atoms with Gasteiger partial charge in [-0.25, -0.2) is 4.79 Å². The molecule has 7 nitrogen and oxygen atoms in total. The third-order valence-corrected chi connectivity index (χ3v) is 2.78. The highest BCUT2D eigenvalue weighted by Crippen LogP contribution is 2.12. The predicted molar refractivity (Wildman–Crippen MR) is 73.2 cm³/mol. The van der Waals surface area contributed by atoms with Crippen LogP contribution in [-0.4, -0.2) is 34.5 Å². The zero-order chi connectivity index (χ0) is 15.4. The molecular weight excluding hydrogens is 264 g/mol. The van der Waals surface area contributed by atoms with Crippen LogP contribution in [0.1, 0.15) is 45.4 Å². The lowest BCUT2D eigenvalue weighted by Crippen LogP contribution is -2.21. The lowest BCUT2D eigenvalue weighted by atomic mass is 10.0. The average Bonchev–Trinajstić information content (AvgIpc) is 2.43.